The van der Waals surface area contributed by atoms with E-state index in [4.69, 9.17) is 19.7 Å². The summed E-state index contributed by atoms with van der Waals surface area (Å²) < 4.78 is 15.5. The van der Waals surface area contributed by atoms with Crippen LogP contribution in [-0.2, 0) is 20.8 Å². The molecule has 1 aliphatic rings. The molecule has 0 bridgehead atoms. The largest absolute Gasteiger partial charge is 0.445 e. The lowest BCUT2D eigenvalue weighted by Crippen LogP contribution is -2.30. The second-order valence-electron chi connectivity index (χ2n) is 4.83. The van der Waals surface area contributed by atoms with E-state index in [-0.39, 0.29) is 26.0 Å². The third-order valence-electron chi connectivity index (χ3n) is 3.30. The van der Waals surface area contributed by atoms with Crippen molar-refractivity contribution < 1.29 is 19.0 Å². The maximum absolute atomic E-state index is 12.1. The van der Waals surface area contributed by atoms with Gasteiger partial charge in [-0.25, -0.2) is 4.79 Å². The summed E-state index contributed by atoms with van der Waals surface area (Å²) in [6, 6.07) is 8.98. The molecule has 0 spiro atoms. The van der Waals surface area contributed by atoms with Crippen molar-refractivity contribution in [2.24, 2.45) is 5.11 Å². The fourth-order valence-electron chi connectivity index (χ4n) is 2.21. The minimum absolute atomic E-state index is 0.0784. The zero-order chi connectivity index (χ0) is 15.8. The predicted octanol–water partition coefficient (Wildman–Crippen LogP) is 2.31. The van der Waals surface area contributed by atoms with Crippen LogP contribution < -0.4 is 0 Å². The van der Waals surface area contributed by atoms with E-state index in [1.54, 1.807) is 0 Å². The predicted molar refractivity (Wildman–Crippen MR) is 77.9 cm³/mol. The van der Waals surface area contributed by atoms with Gasteiger partial charge in [0, 0.05) is 18.6 Å². The number of nitrogens with zero attached hydrogens (tertiary/aromatic N) is 4. The van der Waals surface area contributed by atoms with Crippen LogP contribution in [0.1, 0.15) is 5.56 Å². The lowest BCUT2D eigenvalue weighted by Gasteiger charge is -2.16. The van der Waals surface area contributed by atoms with Gasteiger partial charge in [-0.3, -0.25) is 0 Å². The highest BCUT2D eigenvalue weighted by Crippen LogP contribution is 2.18. The molecule has 8 nitrogen and oxygen atoms in total. The van der Waals surface area contributed by atoms with Crippen molar-refractivity contribution in [1.29, 1.82) is 0 Å². The van der Waals surface area contributed by atoms with Gasteiger partial charge in [0.1, 0.15) is 13.4 Å². The van der Waals surface area contributed by atoms with E-state index in [1.165, 1.54) is 12.0 Å². The molecule has 0 aliphatic carbocycles. The first-order valence-corrected chi connectivity index (χ1v) is 6.85. The highest BCUT2D eigenvalue weighted by molar-refractivity contribution is 5.68. The Morgan fingerprint density at radius 1 is 1.41 bits per heavy atom. The van der Waals surface area contributed by atoms with E-state index in [2.05, 4.69) is 10.0 Å². The summed E-state index contributed by atoms with van der Waals surface area (Å²) in [5.41, 5.74) is 9.49. The van der Waals surface area contributed by atoms with E-state index in [0.29, 0.717) is 6.54 Å². The van der Waals surface area contributed by atoms with Crippen LogP contribution in [0.3, 0.4) is 0 Å². The quantitative estimate of drug-likeness (QED) is 0.348. The molecule has 1 heterocycles. The summed E-state index contributed by atoms with van der Waals surface area (Å²) in [5, 5.41) is 3.66. The van der Waals surface area contributed by atoms with Crippen molar-refractivity contribution in [2.45, 2.75) is 18.8 Å². The smallest absolute Gasteiger partial charge is 0.410 e. The molecular weight excluding hydrogens is 288 g/mol. The summed E-state index contributed by atoms with van der Waals surface area (Å²) in [6.45, 7) is 0.855. The van der Waals surface area contributed by atoms with Crippen LogP contribution in [0.2, 0.25) is 0 Å². The third kappa shape index (κ3) is 4.36. The van der Waals surface area contributed by atoms with Gasteiger partial charge in [-0.15, -0.1) is 0 Å². The van der Waals surface area contributed by atoms with Gasteiger partial charge in [-0.05, 0) is 11.1 Å². The average Bonchev–Trinajstić information content (AvgIpc) is 2.95. The maximum atomic E-state index is 12.1. The van der Waals surface area contributed by atoms with Gasteiger partial charge in [0.05, 0.1) is 18.7 Å². The number of ether oxygens (including phenoxy) is 3. The van der Waals surface area contributed by atoms with Crippen LogP contribution >= 0.6 is 0 Å². The van der Waals surface area contributed by atoms with Crippen molar-refractivity contribution in [1.82, 2.24) is 4.90 Å². The van der Waals surface area contributed by atoms with Crippen molar-refractivity contribution in [3.8, 4) is 0 Å². The average molecular weight is 306 g/mol. The van der Waals surface area contributed by atoms with Crippen LogP contribution in [0, 0.1) is 0 Å². The standard InChI is InChI=1S/C14H18N4O4/c1-20-10-22-13-8-18(7-12(13)16-17-15)14(19)21-9-11-5-3-2-4-6-11/h2-6,12-13H,7-10H2,1H3. The number of azide groups is 1. The fraction of sp³-hybridized carbons (Fsp3) is 0.500. The molecule has 2 unspecified atom stereocenters. The van der Waals surface area contributed by atoms with Gasteiger partial charge in [-0.1, -0.05) is 35.4 Å². The maximum Gasteiger partial charge on any atom is 0.410 e. The van der Waals surface area contributed by atoms with E-state index >= 15 is 0 Å². The molecule has 0 saturated carbocycles. The number of carbonyl (C=O) groups excluding carboxylic acids is 1. The van der Waals surface area contributed by atoms with Crippen LogP contribution in [0.5, 0.6) is 0 Å². The Morgan fingerprint density at radius 3 is 2.86 bits per heavy atom. The highest BCUT2D eigenvalue weighted by atomic mass is 16.7. The zero-order valence-corrected chi connectivity index (χ0v) is 12.3. The summed E-state index contributed by atoms with van der Waals surface area (Å²) in [4.78, 5) is 16.3. The minimum Gasteiger partial charge on any atom is -0.445 e. The molecule has 1 fully saturated rings. The normalized spacial score (nSPS) is 20.5. The van der Waals surface area contributed by atoms with E-state index < -0.39 is 12.1 Å². The number of methoxy groups -OCH3 is 1. The molecule has 22 heavy (non-hydrogen) atoms. The van der Waals surface area contributed by atoms with Gasteiger partial charge in [0.2, 0.25) is 0 Å². The Morgan fingerprint density at radius 2 is 2.18 bits per heavy atom. The Kier molecular flexibility index (Phi) is 6.02. The number of hydrogen-bond acceptors (Lipinski definition) is 5. The van der Waals surface area contributed by atoms with Gasteiger partial charge in [0.15, 0.2) is 0 Å². The molecular formula is C14H18N4O4. The number of amides is 1. The molecule has 0 aromatic heterocycles. The second-order valence-corrected chi connectivity index (χ2v) is 4.83. The molecule has 1 saturated heterocycles. The number of benzene rings is 1. The Hall–Kier alpha value is -2.28. The van der Waals surface area contributed by atoms with Crippen LogP contribution in [-0.4, -0.2) is 50.1 Å². The Labute approximate surface area is 128 Å². The SMILES string of the molecule is COCOC1CN(C(=O)OCc2ccccc2)CC1N=[N+]=[N-]. The van der Waals surface area contributed by atoms with Gasteiger partial charge >= 0.3 is 6.09 Å². The molecule has 1 aromatic rings. The minimum atomic E-state index is -0.453. The summed E-state index contributed by atoms with van der Waals surface area (Å²) in [5.74, 6) is 0. The topological polar surface area (TPSA) is 96.8 Å². The van der Waals surface area contributed by atoms with Gasteiger partial charge < -0.3 is 19.1 Å². The highest BCUT2D eigenvalue weighted by Gasteiger charge is 2.36. The first-order valence-electron chi connectivity index (χ1n) is 6.85. The van der Waals surface area contributed by atoms with Crippen LogP contribution in [0.25, 0.3) is 10.4 Å². The van der Waals surface area contributed by atoms with E-state index in [0.717, 1.165) is 5.56 Å². The summed E-state index contributed by atoms with van der Waals surface area (Å²) in [7, 11) is 1.50. The number of hydrogen-bond donors (Lipinski definition) is 0. The summed E-state index contributed by atoms with van der Waals surface area (Å²) >= 11 is 0. The summed E-state index contributed by atoms with van der Waals surface area (Å²) in [6.07, 6.45) is -0.842. The molecule has 1 amide bonds. The fourth-order valence-corrected chi connectivity index (χ4v) is 2.21. The lowest BCUT2D eigenvalue weighted by atomic mass is 10.2. The first kappa shape index (κ1) is 16.1. The molecule has 0 radical (unpaired) electrons. The molecule has 0 N–H and O–H groups in total. The van der Waals surface area contributed by atoms with Crippen LogP contribution in [0.15, 0.2) is 35.4 Å². The Bertz CT molecular complexity index is 533. The molecule has 1 aromatic carbocycles. The zero-order valence-electron chi connectivity index (χ0n) is 12.3. The van der Waals surface area contributed by atoms with Crippen molar-refractivity contribution in [3.63, 3.8) is 0 Å². The van der Waals surface area contributed by atoms with E-state index in [9.17, 15) is 4.79 Å². The number of carbonyl (C=O) groups is 1. The molecule has 2 rings (SSSR count). The van der Waals surface area contributed by atoms with E-state index in [1.807, 2.05) is 30.3 Å². The number of likely N-dealkylation sites (tertiary alicyclic amines) is 1. The van der Waals surface area contributed by atoms with Crippen molar-refractivity contribution in [3.05, 3.63) is 46.3 Å². The molecule has 2 atom stereocenters. The first-order chi connectivity index (χ1) is 10.7. The monoisotopic (exact) mass is 306 g/mol. The second kappa shape index (κ2) is 8.23. The molecule has 1 aliphatic heterocycles. The third-order valence-corrected chi connectivity index (χ3v) is 3.30. The van der Waals surface area contributed by atoms with Gasteiger partial charge in [0.25, 0.3) is 0 Å². The lowest BCUT2D eigenvalue weighted by molar-refractivity contribution is -0.0708. The van der Waals surface area contributed by atoms with Gasteiger partial charge in [-0.2, -0.15) is 0 Å². The molecule has 118 valence electrons. The van der Waals surface area contributed by atoms with Crippen molar-refractivity contribution >= 4 is 6.09 Å². The van der Waals surface area contributed by atoms with Crippen molar-refractivity contribution in [2.75, 3.05) is 27.0 Å². The molecule has 8 heteroatoms. The number of rotatable bonds is 6. The Balaban J connectivity index is 1.88. The van der Waals surface area contributed by atoms with Crippen LogP contribution in [0.4, 0.5) is 4.79 Å².